The van der Waals surface area contributed by atoms with Crippen molar-refractivity contribution in [2.45, 2.75) is 6.92 Å². The average Bonchev–Trinajstić information content (AvgIpc) is 2.76. The molecule has 0 saturated carbocycles. The van der Waals surface area contributed by atoms with Crippen LogP contribution in [0.3, 0.4) is 0 Å². The molecule has 2 aromatic carbocycles. The largest absolute Gasteiger partial charge is 0.450 e. The number of carbonyl (C=O) groups excluding carboxylic acids is 3. The van der Waals surface area contributed by atoms with Crippen LogP contribution in [0.15, 0.2) is 42.5 Å². The van der Waals surface area contributed by atoms with Crippen LogP contribution in [0.4, 0.5) is 10.5 Å². The zero-order valence-corrected chi connectivity index (χ0v) is 17.9. The predicted octanol–water partition coefficient (Wildman–Crippen LogP) is 4.16. The van der Waals surface area contributed by atoms with Gasteiger partial charge in [-0.15, -0.1) is 0 Å². The zero-order chi connectivity index (χ0) is 21.7. The van der Waals surface area contributed by atoms with Gasteiger partial charge in [-0.05, 0) is 37.3 Å². The summed E-state index contributed by atoms with van der Waals surface area (Å²) < 4.78 is 5.00. The van der Waals surface area contributed by atoms with Gasteiger partial charge in [0.15, 0.2) is 0 Å². The van der Waals surface area contributed by atoms with E-state index in [1.807, 2.05) is 0 Å². The highest BCUT2D eigenvalue weighted by Crippen LogP contribution is 2.24. The molecule has 0 bridgehead atoms. The van der Waals surface area contributed by atoms with E-state index in [1.165, 1.54) is 6.07 Å². The fraction of sp³-hybridized carbons (Fsp3) is 0.286. The molecule has 0 radical (unpaired) electrons. The minimum atomic E-state index is -0.402. The smallest absolute Gasteiger partial charge is 0.409 e. The highest BCUT2D eigenvalue weighted by Gasteiger charge is 2.27. The van der Waals surface area contributed by atoms with Crippen LogP contribution in [0.25, 0.3) is 0 Å². The summed E-state index contributed by atoms with van der Waals surface area (Å²) in [6, 6.07) is 11.4. The van der Waals surface area contributed by atoms with E-state index in [-0.39, 0.29) is 17.0 Å². The van der Waals surface area contributed by atoms with Crippen molar-refractivity contribution in [3.8, 4) is 0 Å². The molecule has 1 N–H and O–H groups in total. The molecule has 1 aliphatic rings. The fourth-order valence-electron chi connectivity index (χ4n) is 3.09. The van der Waals surface area contributed by atoms with Crippen molar-refractivity contribution in [3.63, 3.8) is 0 Å². The fourth-order valence-corrected chi connectivity index (χ4v) is 3.39. The molecule has 0 unspecified atom stereocenters. The van der Waals surface area contributed by atoms with Gasteiger partial charge < -0.3 is 19.9 Å². The van der Waals surface area contributed by atoms with Crippen molar-refractivity contribution >= 4 is 46.8 Å². The molecule has 3 amide bonds. The Balaban J connectivity index is 1.70. The lowest BCUT2D eigenvalue weighted by Crippen LogP contribution is -2.50. The third-order valence-corrected chi connectivity index (χ3v) is 5.42. The van der Waals surface area contributed by atoms with Gasteiger partial charge >= 0.3 is 6.09 Å². The minimum Gasteiger partial charge on any atom is -0.450 e. The Kier molecular flexibility index (Phi) is 7.18. The van der Waals surface area contributed by atoms with Crippen LogP contribution in [-0.4, -0.2) is 60.5 Å². The highest BCUT2D eigenvalue weighted by molar-refractivity contribution is 6.42. The Morgan fingerprint density at radius 1 is 0.967 bits per heavy atom. The lowest BCUT2D eigenvalue weighted by atomic mass is 10.1. The van der Waals surface area contributed by atoms with Gasteiger partial charge in [-0.25, -0.2) is 4.79 Å². The maximum atomic E-state index is 13.0. The lowest BCUT2D eigenvalue weighted by Gasteiger charge is -2.34. The number of piperazine rings is 1. The number of halogens is 2. The lowest BCUT2D eigenvalue weighted by molar-refractivity contribution is 0.0571. The van der Waals surface area contributed by atoms with E-state index in [1.54, 1.807) is 53.1 Å². The molecule has 3 rings (SSSR count). The second kappa shape index (κ2) is 9.82. The molecule has 158 valence electrons. The van der Waals surface area contributed by atoms with Crippen LogP contribution in [0.1, 0.15) is 27.6 Å². The summed E-state index contributed by atoms with van der Waals surface area (Å²) in [5.74, 6) is -0.621. The third-order valence-electron chi connectivity index (χ3n) is 4.68. The first-order valence-corrected chi connectivity index (χ1v) is 10.2. The normalized spacial score (nSPS) is 13.7. The number of rotatable bonds is 4. The van der Waals surface area contributed by atoms with Crippen LogP contribution in [0, 0.1) is 0 Å². The van der Waals surface area contributed by atoms with Crippen molar-refractivity contribution < 1.29 is 19.1 Å². The second-order valence-electron chi connectivity index (χ2n) is 6.61. The van der Waals surface area contributed by atoms with E-state index in [0.29, 0.717) is 54.6 Å². The Morgan fingerprint density at radius 3 is 2.30 bits per heavy atom. The molecule has 1 heterocycles. The van der Waals surface area contributed by atoms with Gasteiger partial charge in [0.2, 0.25) is 0 Å². The summed E-state index contributed by atoms with van der Waals surface area (Å²) in [6.45, 7) is 3.61. The first-order chi connectivity index (χ1) is 14.4. The summed E-state index contributed by atoms with van der Waals surface area (Å²) >= 11 is 11.9. The monoisotopic (exact) mass is 449 g/mol. The zero-order valence-electron chi connectivity index (χ0n) is 16.4. The first-order valence-electron chi connectivity index (χ1n) is 9.47. The van der Waals surface area contributed by atoms with Crippen molar-refractivity contribution in [2.75, 3.05) is 38.1 Å². The number of benzene rings is 2. The summed E-state index contributed by atoms with van der Waals surface area (Å²) in [5.41, 5.74) is 1.09. The van der Waals surface area contributed by atoms with E-state index in [2.05, 4.69) is 5.32 Å². The van der Waals surface area contributed by atoms with E-state index < -0.39 is 5.91 Å². The second-order valence-corrected chi connectivity index (χ2v) is 7.42. The summed E-state index contributed by atoms with van der Waals surface area (Å²) in [7, 11) is 0. The molecule has 0 aliphatic carbocycles. The number of nitrogens with zero attached hydrogens (tertiary/aromatic N) is 2. The average molecular weight is 450 g/mol. The van der Waals surface area contributed by atoms with Crippen molar-refractivity contribution in [3.05, 3.63) is 63.6 Å². The number of para-hydroxylation sites is 1. The number of hydrogen-bond acceptors (Lipinski definition) is 4. The number of ether oxygens (including phenoxy) is 1. The number of nitrogens with one attached hydrogen (secondary N) is 1. The molecule has 1 fully saturated rings. The standard InChI is InChI=1S/C21H21Cl2N3O4/c1-2-30-21(29)26-11-9-25(10-12-26)20(28)15-5-3-4-6-18(15)24-19(27)14-7-8-16(22)17(23)13-14/h3-8,13H,2,9-12H2,1H3,(H,24,27). The molecule has 1 aliphatic heterocycles. The van der Waals surface area contributed by atoms with E-state index in [4.69, 9.17) is 27.9 Å². The predicted molar refractivity (Wildman–Crippen MR) is 115 cm³/mol. The van der Waals surface area contributed by atoms with Gasteiger partial charge in [-0.2, -0.15) is 0 Å². The van der Waals surface area contributed by atoms with Crippen LogP contribution in [0.2, 0.25) is 10.0 Å². The topological polar surface area (TPSA) is 79.0 Å². The molecule has 1 saturated heterocycles. The van der Waals surface area contributed by atoms with Crippen LogP contribution in [-0.2, 0) is 4.74 Å². The van der Waals surface area contributed by atoms with Crippen molar-refractivity contribution in [2.24, 2.45) is 0 Å². The van der Waals surface area contributed by atoms with Crippen LogP contribution in [0.5, 0.6) is 0 Å². The Labute approximate surface area is 184 Å². The van der Waals surface area contributed by atoms with Crippen LogP contribution >= 0.6 is 23.2 Å². The van der Waals surface area contributed by atoms with E-state index in [0.717, 1.165) is 0 Å². The molecular weight excluding hydrogens is 429 g/mol. The number of amides is 3. The van der Waals surface area contributed by atoms with E-state index in [9.17, 15) is 14.4 Å². The summed E-state index contributed by atoms with van der Waals surface area (Å²) in [6.07, 6.45) is -0.376. The molecule has 2 aromatic rings. The van der Waals surface area contributed by atoms with Gasteiger partial charge in [0.1, 0.15) is 0 Å². The van der Waals surface area contributed by atoms with Gasteiger partial charge in [-0.1, -0.05) is 35.3 Å². The van der Waals surface area contributed by atoms with Gasteiger partial charge in [-0.3, -0.25) is 9.59 Å². The Morgan fingerprint density at radius 2 is 1.63 bits per heavy atom. The summed E-state index contributed by atoms with van der Waals surface area (Å²) in [5, 5.41) is 3.39. The quantitative estimate of drug-likeness (QED) is 0.759. The number of anilines is 1. The molecule has 30 heavy (non-hydrogen) atoms. The Bertz CT molecular complexity index is 959. The Hall–Kier alpha value is -2.77. The van der Waals surface area contributed by atoms with Gasteiger partial charge in [0.25, 0.3) is 11.8 Å². The molecule has 0 spiro atoms. The van der Waals surface area contributed by atoms with Crippen molar-refractivity contribution in [1.82, 2.24) is 9.80 Å². The molecular formula is C21H21Cl2N3O4. The van der Waals surface area contributed by atoms with Gasteiger partial charge in [0, 0.05) is 31.7 Å². The van der Waals surface area contributed by atoms with Crippen LogP contribution < -0.4 is 5.32 Å². The van der Waals surface area contributed by atoms with E-state index >= 15 is 0 Å². The number of carbonyl (C=O) groups is 3. The first kappa shape index (κ1) is 21.9. The minimum absolute atomic E-state index is 0.219. The maximum absolute atomic E-state index is 13.0. The van der Waals surface area contributed by atoms with Gasteiger partial charge in [0.05, 0.1) is 27.9 Å². The highest BCUT2D eigenvalue weighted by atomic mass is 35.5. The molecule has 7 nitrogen and oxygen atoms in total. The maximum Gasteiger partial charge on any atom is 0.409 e. The molecule has 9 heteroatoms. The molecule has 0 aromatic heterocycles. The number of hydrogen-bond donors (Lipinski definition) is 1. The third kappa shape index (κ3) is 5.04. The summed E-state index contributed by atoms with van der Waals surface area (Å²) in [4.78, 5) is 40.7. The van der Waals surface area contributed by atoms with Crippen molar-refractivity contribution in [1.29, 1.82) is 0 Å². The SMILES string of the molecule is CCOC(=O)N1CCN(C(=O)c2ccccc2NC(=O)c2ccc(Cl)c(Cl)c2)CC1. The molecule has 0 atom stereocenters.